The third-order valence-electron chi connectivity index (χ3n) is 14.1. The van der Waals surface area contributed by atoms with E-state index in [-0.39, 0.29) is 36.1 Å². The summed E-state index contributed by atoms with van der Waals surface area (Å²) in [6.07, 6.45) is 5.73. The van der Waals surface area contributed by atoms with Gasteiger partial charge in [-0.05, 0) is 128 Å². The minimum absolute atomic E-state index is 0.0411. The lowest BCUT2D eigenvalue weighted by molar-refractivity contribution is -0.143. The number of hydrogen-bond donors (Lipinski definition) is 3. The molecule has 1 unspecified atom stereocenters. The monoisotopic (exact) mass is 1010 g/mol. The zero-order valence-corrected chi connectivity index (χ0v) is 41.5. The Labute approximate surface area is 403 Å². The second-order valence-electron chi connectivity index (χ2n) is 18.9. The lowest BCUT2D eigenvalue weighted by atomic mass is 9.84. The fourth-order valence-electron chi connectivity index (χ4n) is 10.5. The number of pyridine rings is 1. The van der Waals surface area contributed by atoms with Crippen molar-refractivity contribution in [2.24, 2.45) is 5.92 Å². The molecular weight excluding hydrogens is 955 g/mol. The van der Waals surface area contributed by atoms with Crippen LogP contribution in [-0.2, 0) is 25.4 Å². The van der Waals surface area contributed by atoms with Crippen molar-refractivity contribution in [2.75, 3.05) is 75.2 Å². The van der Waals surface area contributed by atoms with Crippen LogP contribution < -0.4 is 30.9 Å². The Balaban J connectivity index is 0.787. The fourth-order valence-corrected chi connectivity index (χ4v) is 12.2. The van der Waals surface area contributed by atoms with E-state index in [0.717, 1.165) is 79.0 Å². The molecule has 9 rings (SSSR count). The van der Waals surface area contributed by atoms with Crippen molar-refractivity contribution in [2.45, 2.75) is 76.7 Å². The Bertz CT molecular complexity index is 2820. The molecule has 0 radical (unpaired) electrons. The van der Waals surface area contributed by atoms with Crippen molar-refractivity contribution >= 4 is 85.8 Å². The number of benzene rings is 3. The number of amides is 3. The highest BCUT2D eigenvalue weighted by Gasteiger charge is 2.41. The molecule has 3 aromatic carbocycles. The van der Waals surface area contributed by atoms with E-state index in [4.69, 9.17) is 9.72 Å². The number of nitrogens with one attached hydrogen (secondary N) is 3. The molecule has 3 N–H and O–H groups in total. The Kier molecular flexibility index (Phi) is 13.6. The van der Waals surface area contributed by atoms with Gasteiger partial charge in [-0.1, -0.05) is 13.0 Å². The average Bonchev–Trinajstić information content (AvgIpc) is 3.29. The van der Waals surface area contributed by atoms with Gasteiger partial charge in [0.05, 0.1) is 40.3 Å². The number of nitrogens with zero attached hydrogens (tertiary/aromatic N) is 6. The predicted molar refractivity (Wildman–Crippen MR) is 265 cm³/mol. The van der Waals surface area contributed by atoms with Crippen LogP contribution in [0.2, 0.25) is 0 Å². The average molecular weight is 1010 g/mol. The van der Waals surface area contributed by atoms with Crippen molar-refractivity contribution in [3.63, 3.8) is 0 Å². The van der Waals surface area contributed by atoms with Crippen molar-refractivity contribution < 1.29 is 32.5 Å². The van der Waals surface area contributed by atoms with Crippen molar-refractivity contribution in [1.29, 1.82) is 0 Å². The van der Waals surface area contributed by atoms with Gasteiger partial charge in [-0.2, -0.15) is 4.98 Å². The zero-order valence-electron chi connectivity index (χ0n) is 39.0. The molecular formula is C50H57BrF2N9O5P. The van der Waals surface area contributed by atoms with Crippen molar-refractivity contribution in [3.8, 4) is 5.75 Å². The van der Waals surface area contributed by atoms with Gasteiger partial charge < -0.3 is 29.7 Å². The molecule has 0 spiro atoms. The maximum atomic E-state index is 15.3. The van der Waals surface area contributed by atoms with Crippen molar-refractivity contribution in [3.05, 3.63) is 93.2 Å². The molecule has 1 atom stereocenters. The molecule has 68 heavy (non-hydrogen) atoms. The third kappa shape index (κ3) is 9.71. The summed E-state index contributed by atoms with van der Waals surface area (Å²) in [4.78, 5) is 58.3. The maximum absolute atomic E-state index is 15.3. The van der Waals surface area contributed by atoms with Crippen LogP contribution >= 0.6 is 23.1 Å². The van der Waals surface area contributed by atoms with Crippen LogP contribution in [0.1, 0.15) is 79.7 Å². The largest absolute Gasteiger partial charge is 0.494 e. The van der Waals surface area contributed by atoms with Gasteiger partial charge in [0.25, 0.3) is 0 Å². The van der Waals surface area contributed by atoms with Gasteiger partial charge in [0.2, 0.25) is 23.7 Å². The lowest BCUT2D eigenvalue weighted by Crippen LogP contribution is -2.60. The summed E-state index contributed by atoms with van der Waals surface area (Å²) in [6.45, 7) is 11.8. The molecule has 4 aliphatic heterocycles. The summed E-state index contributed by atoms with van der Waals surface area (Å²) in [5, 5.41) is 10.5. The predicted octanol–water partition coefficient (Wildman–Crippen LogP) is 8.51. The van der Waals surface area contributed by atoms with Crippen LogP contribution in [0.4, 0.5) is 37.6 Å². The highest BCUT2D eigenvalue weighted by Crippen LogP contribution is 2.43. The number of piperidine rings is 3. The van der Waals surface area contributed by atoms with Gasteiger partial charge in [-0.15, -0.1) is 0 Å². The lowest BCUT2D eigenvalue weighted by Gasteiger charge is -2.48. The molecule has 4 fully saturated rings. The van der Waals surface area contributed by atoms with E-state index in [1.54, 1.807) is 26.6 Å². The molecule has 6 heterocycles. The first-order chi connectivity index (χ1) is 32.6. The molecule has 4 saturated heterocycles. The van der Waals surface area contributed by atoms with Crippen LogP contribution in [0, 0.1) is 24.5 Å². The molecule has 18 heteroatoms. The zero-order chi connectivity index (χ0) is 48.0. The number of hydrogen-bond acceptors (Lipinski definition) is 12. The summed E-state index contributed by atoms with van der Waals surface area (Å²) in [5.74, 6) is -2.15. The van der Waals surface area contributed by atoms with Crippen LogP contribution in [0.15, 0.2) is 59.2 Å². The normalized spacial score (nSPS) is 19.0. The Hall–Kier alpha value is -5.51. The number of carbonyl (C=O) groups is 3. The SMILES string of the molecule is CCc1cc(Nc2ncc(Br)c(Nc3ccc4nc(C)ccc4c3P(C)(C)=O)n2)c(OC)cc1N1CCC(N2CC(C(=O)N3CCC(c4cc(F)c(C5CCC(=O)NC5=O)c(F)c4)CC3)C2)CC1. The van der Waals surface area contributed by atoms with Gasteiger partial charge in [0.1, 0.15) is 30.3 Å². The molecule has 2 aromatic heterocycles. The molecule has 0 aliphatic carbocycles. The van der Waals surface area contributed by atoms with E-state index < -0.39 is 36.5 Å². The quantitative estimate of drug-likeness (QED) is 0.0809. The summed E-state index contributed by atoms with van der Waals surface area (Å²) >= 11 is 3.61. The van der Waals surface area contributed by atoms with E-state index >= 15 is 8.78 Å². The first-order valence-electron chi connectivity index (χ1n) is 23.4. The molecule has 358 valence electrons. The highest BCUT2D eigenvalue weighted by atomic mass is 79.9. The number of anilines is 5. The number of carbonyl (C=O) groups excluding carboxylic acids is 3. The summed E-state index contributed by atoms with van der Waals surface area (Å²) < 4.78 is 50.8. The van der Waals surface area contributed by atoms with Crippen LogP contribution in [0.5, 0.6) is 5.75 Å². The molecule has 0 bridgehead atoms. The Morgan fingerprint density at radius 1 is 0.926 bits per heavy atom. The van der Waals surface area contributed by atoms with Gasteiger partial charge in [-0.3, -0.25) is 29.6 Å². The summed E-state index contributed by atoms with van der Waals surface area (Å²) in [5.41, 5.74) is 5.63. The van der Waals surface area contributed by atoms with Gasteiger partial charge in [-0.25, -0.2) is 13.8 Å². The van der Waals surface area contributed by atoms with Crippen LogP contribution in [-0.4, -0.2) is 108 Å². The molecule has 0 saturated carbocycles. The van der Waals surface area contributed by atoms with Gasteiger partial charge in [0.15, 0.2) is 0 Å². The van der Waals surface area contributed by atoms with Crippen molar-refractivity contribution in [1.82, 2.24) is 30.1 Å². The number of imide groups is 1. The summed E-state index contributed by atoms with van der Waals surface area (Å²) in [6, 6.07) is 14.9. The standard InChI is InChI=1S/C50H57BrF2N9O5P/c1-6-29-23-41(57-50-54-25-36(51)47(59-50)56-40-11-10-39-34(8-7-28(2)55-39)46(40)68(4,5)66)43(67-3)24-42(29)60-19-15-33(16-20-60)62-26-32(27-62)49(65)61-17-13-30(14-18-61)31-21-37(52)45(38(53)22-31)35-9-12-44(63)58-48(35)64/h7-8,10-11,21-25,30,32-33,35H,6,9,12-20,26-27H2,1-5H3,(H,58,63,64)(H2,54,56,57,59). The molecule has 14 nitrogen and oxygen atoms in total. The number of ether oxygens (including phenoxy) is 1. The third-order valence-corrected chi connectivity index (χ3v) is 16.2. The number of fused-ring (bicyclic) bond motifs is 1. The van der Waals surface area contributed by atoms with Gasteiger partial charge in [0, 0.05) is 91.6 Å². The number of likely N-dealkylation sites (tertiary alicyclic amines) is 2. The van der Waals surface area contributed by atoms with Crippen LogP contribution in [0.3, 0.4) is 0 Å². The first kappa shape index (κ1) is 47.6. The van der Waals surface area contributed by atoms with E-state index in [2.05, 4.69) is 70.7 Å². The fraction of sp³-hybridized carbons (Fsp3) is 0.440. The second-order valence-corrected chi connectivity index (χ2v) is 22.9. The number of halogens is 3. The highest BCUT2D eigenvalue weighted by molar-refractivity contribution is 9.10. The molecule has 5 aromatic rings. The number of methoxy groups -OCH3 is 1. The van der Waals surface area contributed by atoms with E-state index in [9.17, 15) is 18.9 Å². The van der Waals surface area contributed by atoms with Crippen LogP contribution in [0.25, 0.3) is 10.9 Å². The maximum Gasteiger partial charge on any atom is 0.234 e. The smallest absolute Gasteiger partial charge is 0.234 e. The van der Waals surface area contributed by atoms with E-state index in [0.29, 0.717) is 70.5 Å². The molecule has 3 amide bonds. The second kappa shape index (κ2) is 19.5. The topological polar surface area (TPSA) is 162 Å². The number of aromatic nitrogens is 3. The number of aryl methyl sites for hydroxylation is 2. The summed E-state index contributed by atoms with van der Waals surface area (Å²) in [7, 11) is -1.09. The first-order valence-corrected chi connectivity index (χ1v) is 26.8. The van der Waals surface area contributed by atoms with E-state index in [1.807, 2.05) is 36.1 Å². The minimum Gasteiger partial charge on any atom is -0.494 e. The van der Waals surface area contributed by atoms with Gasteiger partial charge >= 0.3 is 0 Å². The molecule has 4 aliphatic rings. The minimum atomic E-state index is -2.75. The number of rotatable bonds is 12. The Morgan fingerprint density at radius 3 is 2.31 bits per heavy atom. The van der Waals surface area contributed by atoms with E-state index in [1.165, 1.54) is 12.1 Å². The Morgan fingerprint density at radius 2 is 1.65 bits per heavy atom.